The zero-order valence-electron chi connectivity index (χ0n) is 13.1. The average Bonchev–Trinajstić information content (AvgIpc) is 3.09. The number of benzene rings is 1. The first-order chi connectivity index (χ1) is 10.6. The second kappa shape index (κ2) is 6.39. The van der Waals surface area contributed by atoms with Gasteiger partial charge in [0, 0.05) is 0 Å². The smallest absolute Gasteiger partial charge is 0.200 e. The summed E-state index contributed by atoms with van der Waals surface area (Å²) in [5, 5.41) is 9.30. The molecule has 2 saturated carbocycles. The number of hydrogen-bond acceptors (Lipinski definition) is 1. The van der Waals surface area contributed by atoms with Crippen molar-refractivity contribution in [2.45, 2.75) is 51.4 Å². The van der Waals surface area contributed by atoms with Gasteiger partial charge in [-0.1, -0.05) is 18.2 Å². The summed E-state index contributed by atoms with van der Waals surface area (Å²) in [5.41, 5.74) is 0.469. The van der Waals surface area contributed by atoms with Gasteiger partial charge in [0.1, 0.15) is 0 Å². The number of aromatic hydroxyl groups is 1. The van der Waals surface area contributed by atoms with E-state index in [9.17, 15) is 13.9 Å². The molecule has 2 aliphatic rings. The van der Waals surface area contributed by atoms with Crippen LogP contribution >= 0.6 is 0 Å². The predicted molar refractivity (Wildman–Crippen MR) is 83.7 cm³/mol. The third-order valence-corrected chi connectivity index (χ3v) is 5.79. The third kappa shape index (κ3) is 2.66. The van der Waals surface area contributed by atoms with Crippen LogP contribution in [0.4, 0.5) is 8.78 Å². The Bertz CT molecular complexity index is 567. The zero-order chi connectivity index (χ0) is 15.7. The number of phenolic OH excluding ortho intramolecular Hbond substituents is 1. The topological polar surface area (TPSA) is 20.2 Å². The van der Waals surface area contributed by atoms with Crippen LogP contribution in [0, 0.1) is 29.4 Å². The lowest BCUT2D eigenvalue weighted by atomic mass is 9.84. The molecule has 1 aromatic carbocycles. The van der Waals surface area contributed by atoms with E-state index in [0.717, 1.165) is 31.6 Å². The van der Waals surface area contributed by atoms with Crippen LogP contribution in [0.25, 0.3) is 0 Å². The van der Waals surface area contributed by atoms with Crippen molar-refractivity contribution in [3.8, 4) is 5.75 Å². The summed E-state index contributed by atoms with van der Waals surface area (Å²) in [6.07, 6.45) is 11.0. The van der Waals surface area contributed by atoms with Gasteiger partial charge in [-0.15, -0.1) is 0 Å². The number of halogens is 2. The van der Waals surface area contributed by atoms with Crippen LogP contribution in [0.1, 0.15) is 56.9 Å². The highest BCUT2D eigenvalue weighted by Crippen LogP contribution is 2.56. The monoisotopic (exact) mass is 306 g/mol. The second-order valence-electron chi connectivity index (χ2n) is 6.80. The standard InChI is InChI=1S/C19H24F2O/c1-2-3-4-5-12-6-7-14-13(12)8-9-15(14)16-10-11-17(22)19(21)18(16)20/h2-3,10-15,22H,4-9H2,1H3/b3-2+. The summed E-state index contributed by atoms with van der Waals surface area (Å²) in [6.45, 7) is 2.05. The molecule has 1 nitrogen and oxygen atoms in total. The zero-order valence-corrected chi connectivity index (χ0v) is 13.1. The maximum atomic E-state index is 14.2. The third-order valence-electron chi connectivity index (χ3n) is 5.79. The number of allylic oxidation sites excluding steroid dienone is 2. The van der Waals surface area contributed by atoms with Gasteiger partial charge in [0.05, 0.1) is 0 Å². The highest BCUT2D eigenvalue weighted by atomic mass is 19.2. The van der Waals surface area contributed by atoms with Crippen LogP contribution in [-0.2, 0) is 0 Å². The fourth-order valence-electron chi connectivity index (χ4n) is 4.78. The summed E-state index contributed by atoms with van der Waals surface area (Å²) in [7, 11) is 0. The van der Waals surface area contributed by atoms with Crippen molar-refractivity contribution in [1.82, 2.24) is 0 Å². The van der Waals surface area contributed by atoms with E-state index in [0.29, 0.717) is 17.4 Å². The van der Waals surface area contributed by atoms with Crippen LogP contribution in [0.15, 0.2) is 24.3 Å². The highest BCUT2D eigenvalue weighted by Gasteiger charge is 2.45. The molecule has 4 atom stereocenters. The molecule has 22 heavy (non-hydrogen) atoms. The molecule has 0 radical (unpaired) electrons. The average molecular weight is 306 g/mol. The number of rotatable bonds is 4. The molecule has 1 N–H and O–H groups in total. The van der Waals surface area contributed by atoms with Crippen LogP contribution in [-0.4, -0.2) is 5.11 Å². The van der Waals surface area contributed by atoms with Gasteiger partial charge in [0.25, 0.3) is 0 Å². The van der Waals surface area contributed by atoms with E-state index in [2.05, 4.69) is 12.2 Å². The Morgan fingerprint density at radius 3 is 2.64 bits per heavy atom. The van der Waals surface area contributed by atoms with E-state index in [-0.39, 0.29) is 5.92 Å². The Kier molecular flexibility index (Phi) is 4.51. The van der Waals surface area contributed by atoms with Crippen LogP contribution in [0.3, 0.4) is 0 Å². The summed E-state index contributed by atoms with van der Waals surface area (Å²) in [5.74, 6) is -0.540. The van der Waals surface area contributed by atoms with Crippen molar-refractivity contribution >= 4 is 0 Å². The quantitative estimate of drug-likeness (QED) is 0.723. The van der Waals surface area contributed by atoms with Crippen molar-refractivity contribution in [1.29, 1.82) is 0 Å². The Morgan fingerprint density at radius 2 is 1.86 bits per heavy atom. The summed E-state index contributed by atoms with van der Waals surface area (Å²) in [6, 6.07) is 2.87. The minimum atomic E-state index is -1.09. The predicted octanol–water partition coefficient (Wildman–Crippen LogP) is 5.55. The molecule has 0 bridgehead atoms. The molecule has 0 aromatic heterocycles. The van der Waals surface area contributed by atoms with Crippen LogP contribution in [0.5, 0.6) is 5.75 Å². The second-order valence-corrected chi connectivity index (χ2v) is 6.80. The fraction of sp³-hybridized carbons (Fsp3) is 0.579. The molecule has 4 unspecified atom stereocenters. The highest BCUT2D eigenvalue weighted by molar-refractivity contribution is 5.33. The van der Waals surface area contributed by atoms with Crippen molar-refractivity contribution in [2.24, 2.45) is 17.8 Å². The van der Waals surface area contributed by atoms with Gasteiger partial charge in [-0.3, -0.25) is 0 Å². The van der Waals surface area contributed by atoms with Gasteiger partial charge >= 0.3 is 0 Å². The van der Waals surface area contributed by atoms with Gasteiger partial charge < -0.3 is 5.11 Å². The molecule has 0 spiro atoms. The summed E-state index contributed by atoms with van der Waals surface area (Å²) in [4.78, 5) is 0. The molecule has 0 amide bonds. The molecule has 3 heteroatoms. The summed E-state index contributed by atoms with van der Waals surface area (Å²) < 4.78 is 27.8. The van der Waals surface area contributed by atoms with E-state index < -0.39 is 17.4 Å². The lowest BCUT2D eigenvalue weighted by molar-refractivity contribution is 0.325. The lowest BCUT2D eigenvalue weighted by Crippen LogP contribution is -2.13. The Labute approximate surface area is 131 Å². The Balaban J connectivity index is 1.75. The van der Waals surface area contributed by atoms with Gasteiger partial charge in [-0.2, -0.15) is 4.39 Å². The Morgan fingerprint density at radius 1 is 1.09 bits per heavy atom. The summed E-state index contributed by atoms with van der Waals surface area (Å²) >= 11 is 0. The first kappa shape index (κ1) is 15.5. The van der Waals surface area contributed by atoms with E-state index in [1.54, 1.807) is 6.07 Å². The van der Waals surface area contributed by atoms with E-state index in [4.69, 9.17) is 0 Å². The Hall–Kier alpha value is -1.38. The number of hydrogen-bond donors (Lipinski definition) is 1. The SMILES string of the molecule is C/C=C/CCC1CCC2C(c3ccc(O)c(F)c3F)CCC12. The first-order valence-electron chi connectivity index (χ1n) is 8.41. The van der Waals surface area contributed by atoms with Gasteiger partial charge in [0.2, 0.25) is 5.82 Å². The first-order valence-corrected chi connectivity index (χ1v) is 8.41. The fourth-order valence-corrected chi connectivity index (χ4v) is 4.78. The molecule has 2 fully saturated rings. The van der Waals surface area contributed by atoms with Gasteiger partial charge in [-0.25, -0.2) is 4.39 Å². The van der Waals surface area contributed by atoms with Crippen LogP contribution < -0.4 is 0 Å². The molecule has 3 rings (SSSR count). The maximum Gasteiger partial charge on any atom is 0.200 e. The molecule has 0 aliphatic heterocycles. The van der Waals surface area contributed by atoms with E-state index in [1.165, 1.54) is 18.9 Å². The van der Waals surface area contributed by atoms with E-state index in [1.807, 2.05) is 6.92 Å². The van der Waals surface area contributed by atoms with Crippen molar-refractivity contribution in [3.63, 3.8) is 0 Å². The van der Waals surface area contributed by atoms with Crippen molar-refractivity contribution in [2.75, 3.05) is 0 Å². The molecule has 1 aromatic rings. The normalized spacial score (nSPS) is 31.0. The molecule has 120 valence electrons. The van der Waals surface area contributed by atoms with Gasteiger partial charge in [-0.05, 0) is 80.8 Å². The molecule has 0 heterocycles. The number of fused-ring (bicyclic) bond motifs is 1. The van der Waals surface area contributed by atoms with Gasteiger partial charge in [0.15, 0.2) is 11.6 Å². The van der Waals surface area contributed by atoms with Crippen molar-refractivity contribution < 1.29 is 13.9 Å². The molecular formula is C19H24F2O. The van der Waals surface area contributed by atoms with E-state index >= 15 is 0 Å². The van der Waals surface area contributed by atoms with Crippen LogP contribution in [0.2, 0.25) is 0 Å². The minimum absolute atomic E-state index is 0.117. The molecule has 2 aliphatic carbocycles. The van der Waals surface area contributed by atoms with Crippen molar-refractivity contribution in [3.05, 3.63) is 41.5 Å². The maximum absolute atomic E-state index is 14.2. The number of phenols is 1. The largest absolute Gasteiger partial charge is 0.505 e. The lowest BCUT2D eigenvalue weighted by Gasteiger charge is -2.21. The molecule has 0 saturated heterocycles. The molecular weight excluding hydrogens is 282 g/mol. The minimum Gasteiger partial charge on any atom is -0.505 e.